The lowest BCUT2D eigenvalue weighted by Gasteiger charge is -2.04. The van der Waals surface area contributed by atoms with Crippen molar-refractivity contribution in [2.75, 3.05) is 0 Å². The molecule has 0 spiro atoms. The second kappa shape index (κ2) is 5.23. The number of aromatic nitrogens is 2. The molecule has 18 heavy (non-hydrogen) atoms. The first-order valence-electron chi connectivity index (χ1n) is 5.57. The van der Waals surface area contributed by atoms with Crippen LogP contribution in [0.5, 0.6) is 0 Å². The summed E-state index contributed by atoms with van der Waals surface area (Å²) in [6.07, 6.45) is 3.62. The van der Waals surface area contributed by atoms with Crippen LogP contribution >= 0.6 is 11.6 Å². The van der Waals surface area contributed by atoms with Crippen molar-refractivity contribution in [3.8, 4) is 11.1 Å². The van der Waals surface area contributed by atoms with E-state index in [1.165, 1.54) is 0 Å². The molecule has 0 saturated carbocycles. The number of carboxylic acid groups (broad SMARTS) is 1. The number of nitrogens with zero attached hydrogens (tertiary/aromatic N) is 2. The minimum Gasteiger partial charge on any atom is -0.481 e. The van der Waals surface area contributed by atoms with Gasteiger partial charge in [-0.05, 0) is 24.1 Å². The quantitative estimate of drug-likeness (QED) is 0.924. The summed E-state index contributed by atoms with van der Waals surface area (Å²) in [7, 11) is 0. The summed E-state index contributed by atoms with van der Waals surface area (Å²) < 4.78 is 1.63. The lowest BCUT2D eigenvalue weighted by atomic mass is 10.0. The second-order valence-corrected chi connectivity index (χ2v) is 4.46. The summed E-state index contributed by atoms with van der Waals surface area (Å²) in [5, 5.41) is 13.5. The van der Waals surface area contributed by atoms with Gasteiger partial charge in [0.25, 0.3) is 0 Å². The first kappa shape index (κ1) is 12.6. The van der Waals surface area contributed by atoms with Crippen LogP contribution in [0.1, 0.15) is 12.0 Å². The SMILES string of the molecule is Cc1c(Cl)cccc1-c1cnn(CCC(=O)O)c1. The molecule has 2 aromatic rings. The predicted molar refractivity (Wildman–Crippen MR) is 69.7 cm³/mol. The summed E-state index contributed by atoms with van der Waals surface area (Å²) in [4.78, 5) is 10.5. The molecule has 0 aliphatic carbocycles. The highest BCUT2D eigenvalue weighted by atomic mass is 35.5. The van der Waals surface area contributed by atoms with Gasteiger partial charge < -0.3 is 5.11 Å². The van der Waals surface area contributed by atoms with Gasteiger partial charge >= 0.3 is 5.97 Å². The average molecular weight is 265 g/mol. The molecule has 0 radical (unpaired) electrons. The number of aliphatic carboxylic acids is 1. The Morgan fingerprint density at radius 3 is 3.00 bits per heavy atom. The van der Waals surface area contributed by atoms with Crippen LogP contribution in [-0.2, 0) is 11.3 Å². The highest BCUT2D eigenvalue weighted by molar-refractivity contribution is 6.31. The Hall–Kier alpha value is -1.81. The molecule has 0 atom stereocenters. The summed E-state index contributed by atoms with van der Waals surface area (Å²) in [5.74, 6) is -0.828. The molecule has 0 amide bonds. The lowest BCUT2D eigenvalue weighted by molar-refractivity contribution is -0.137. The van der Waals surface area contributed by atoms with Gasteiger partial charge in [-0.1, -0.05) is 23.7 Å². The van der Waals surface area contributed by atoms with E-state index in [0.29, 0.717) is 11.6 Å². The Balaban J connectivity index is 2.24. The van der Waals surface area contributed by atoms with Crippen molar-refractivity contribution in [3.05, 3.63) is 41.2 Å². The summed E-state index contributed by atoms with van der Waals surface area (Å²) >= 11 is 6.07. The number of rotatable bonds is 4. The van der Waals surface area contributed by atoms with Gasteiger partial charge in [0.15, 0.2) is 0 Å². The van der Waals surface area contributed by atoms with Gasteiger partial charge in [0.2, 0.25) is 0 Å². The van der Waals surface area contributed by atoms with Gasteiger partial charge in [-0.25, -0.2) is 0 Å². The molecule has 1 aromatic carbocycles. The van der Waals surface area contributed by atoms with Crippen LogP contribution in [0.2, 0.25) is 5.02 Å². The molecule has 5 heteroatoms. The number of carboxylic acids is 1. The zero-order valence-corrected chi connectivity index (χ0v) is 10.7. The maximum atomic E-state index is 10.5. The number of halogens is 1. The zero-order chi connectivity index (χ0) is 13.1. The zero-order valence-electron chi connectivity index (χ0n) is 9.93. The van der Waals surface area contributed by atoms with Gasteiger partial charge in [0, 0.05) is 16.8 Å². The van der Waals surface area contributed by atoms with Crippen molar-refractivity contribution in [1.82, 2.24) is 9.78 Å². The Kier molecular flexibility index (Phi) is 3.67. The molecule has 0 aliphatic heterocycles. The molecule has 0 saturated heterocycles. The average Bonchev–Trinajstić information content (AvgIpc) is 2.78. The molecular weight excluding hydrogens is 252 g/mol. The molecule has 1 N–H and O–H groups in total. The fourth-order valence-corrected chi connectivity index (χ4v) is 1.93. The van der Waals surface area contributed by atoms with Crippen LogP contribution in [0, 0.1) is 6.92 Å². The molecule has 2 rings (SSSR count). The lowest BCUT2D eigenvalue weighted by Crippen LogP contribution is -2.04. The molecule has 0 bridgehead atoms. The minimum absolute atomic E-state index is 0.0651. The Bertz CT molecular complexity index is 578. The fraction of sp³-hybridized carbons (Fsp3) is 0.231. The second-order valence-electron chi connectivity index (χ2n) is 4.05. The maximum Gasteiger partial charge on any atom is 0.305 e. The molecule has 0 aliphatic rings. The fourth-order valence-electron chi connectivity index (χ4n) is 1.76. The molecule has 1 aromatic heterocycles. The highest BCUT2D eigenvalue weighted by Crippen LogP contribution is 2.27. The standard InChI is InChI=1S/C13H13ClN2O2/c1-9-11(3-2-4-12(9)14)10-7-15-16(8-10)6-5-13(17)18/h2-4,7-8H,5-6H2,1H3,(H,17,18). The van der Waals surface area contributed by atoms with E-state index in [4.69, 9.17) is 16.7 Å². The Labute approximate surface area is 110 Å². The van der Waals surface area contributed by atoms with E-state index in [1.807, 2.05) is 31.3 Å². The van der Waals surface area contributed by atoms with E-state index < -0.39 is 5.97 Å². The number of aryl methyl sites for hydroxylation is 1. The van der Waals surface area contributed by atoms with Gasteiger partial charge in [-0.3, -0.25) is 9.48 Å². The summed E-state index contributed by atoms with van der Waals surface area (Å²) in [6, 6.07) is 5.70. The first-order valence-corrected chi connectivity index (χ1v) is 5.95. The third kappa shape index (κ3) is 2.71. The largest absolute Gasteiger partial charge is 0.481 e. The van der Waals surface area contributed by atoms with Crippen molar-refractivity contribution in [3.63, 3.8) is 0 Å². The Morgan fingerprint density at radius 1 is 1.50 bits per heavy atom. The van der Waals surface area contributed by atoms with E-state index in [-0.39, 0.29) is 6.42 Å². The number of carbonyl (C=O) groups is 1. The summed E-state index contributed by atoms with van der Waals surface area (Å²) in [5.41, 5.74) is 2.96. The van der Waals surface area contributed by atoms with Crippen molar-refractivity contribution in [1.29, 1.82) is 0 Å². The van der Waals surface area contributed by atoms with Crippen LogP contribution < -0.4 is 0 Å². The van der Waals surface area contributed by atoms with Crippen molar-refractivity contribution >= 4 is 17.6 Å². The van der Waals surface area contributed by atoms with Crippen molar-refractivity contribution in [2.45, 2.75) is 19.9 Å². The first-order chi connectivity index (χ1) is 8.58. The van der Waals surface area contributed by atoms with Crippen LogP contribution in [0.25, 0.3) is 11.1 Å². The Morgan fingerprint density at radius 2 is 2.28 bits per heavy atom. The van der Waals surface area contributed by atoms with Crippen LogP contribution in [0.3, 0.4) is 0 Å². The predicted octanol–water partition coefficient (Wildman–Crippen LogP) is 2.99. The van der Waals surface area contributed by atoms with Crippen molar-refractivity contribution in [2.24, 2.45) is 0 Å². The number of benzene rings is 1. The third-order valence-electron chi connectivity index (χ3n) is 2.77. The minimum atomic E-state index is -0.828. The number of hydrogen-bond donors (Lipinski definition) is 1. The van der Waals surface area contributed by atoms with E-state index in [1.54, 1.807) is 10.9 Å². The van der Waals surface area contributed by atoms with Gasteiger partial charge in [-0.15, -0.1) is 0 Å². The van der Waals surface area contributed by atoms with E-state index in [9.17, 15) is 4.79 Å². The van der Waals surface area contributed by atoms with E-state index >= 15 is 0 Å². The van der Waals surface area contributed by atoms with Gasteiger partial charge in [0.1, 0.15) is 0 Å². The smallest absolute Gasteiger partial charge is 0.305 e. The topological polar surface area (TPSA) is 55.1 Å². The molecular formula is C13H13ClN2O2. The molecule has 94 valence electrons. The van der Waals surface area contributed by atoms with Crippen LogP contribution in [-0.4, -0.2) is 20.9 Å². The monoisotopic (exact) mass is 264 g/mol. The molecule has 0 unspecified atom stereocenters. The van der Waals surface area contributed by atoms with E-state index in [2.05, 4.69) is 5.10 Å². The van der Waals surface area contributed by atoms with E-state index in [0.717, 1.165) is 16.7 Å². The molecule has 0 fully saturated rings. The van der Waals surface area contributed by atoms with Gasteiger partial charge in [0.05, 0.1) is 19.2 Å². The third-order valence-corrected chi connectivity index (χ3v) is 3.18. The number of hydrogen-bond acceptors (Lipinski definition) is 2. The highest BCUT2D eigenvalue weighted by Gasteiger charge is 2.07. The van der Waals surface area contributed by atoms with Crippen LogP contribution in [0.15, 0.2) is 30.6 Å². The van der Waals surface area contributed by atoms with Gasteiger partial charge in [-0.2, -0.15) is 5.10 Å². The molecule has 1 heterocycles. The maximum absolute atomic E-state index is 10.5. The normalized spacial score (nSPS) is 10.6. The van der Waals surface area contributed by atoms with Crippen LogP contribution in [0.4, 0.5) is 0 Å². The molecule has 4 nitrogen and oxygen atoms in total. The van der Waals surface area contributed by atoms with Crippen molar-refractivity contribution < 1.29 is 9.90 Å². The summed E-state index contributed by atoms with van der Waals surface area (Å²) in [6.45, 7) is 2.32.